The second kappa shape index (κ2) is 6.56. The van der Waals surface area contributed by atoms with E-state index in [1.54, 1.807) is 0 Å². The molecule has 19 heavy (non-hydrogen) atoms. The molecule has 0 aromatic heterocycles. The molecule has 1 aromatic carbocycles. The molecule has 1 heteroatoms. The average molecular weight is 260 g/mol. The summed E-state index contributed by atoms with van der Waals surface area (Å²) in [5.41, 5.74) is 2.66. The number of aryl methyl sites for hydroxylation is 1. The quantitative estimate of drug-likeness (QED) is 0.760. The molecule has 0 bridgehead atoms. The predicted molar refractivity (Wildman–Crippen MR) is 81.2 cm³/mol. The summed E-state index contributed by atoms with van der Waals surface area (Å²) in [6.07, 6.45) is 9.38. The lowest BCUT2D eigenvalue weighted by Gasteiger charge is -2.33. The molecule has 1 aliphatic carbocycles. The second-order valence-electron chi connectivity index (χ2n) is 6.17. The van der Waals surface area contributed by atoms with Gasteiger partial charge in [0.05, 0.1) is 6.10 Å². The van der Waals surface area contributed by atoms with Crippen molar-refractivity contribution in [3.8, 4) is 0 Å². The third-order valence-electron chi connectivity index (χ3n) is 5.00. The van der Waals surface area contributed by atoms with E-state index in [2.05, 4.69) is 38.1 Å². The molecule has 0 saturated heterocycles. The minimum atomic E-state index is -0.278. The fourth-order valence-corrected chi connectivity index (χ4v) is 3.50. The van der Waals surface area contributed by atoms with Crippen molar-refractivity contribution in [3.05, 3.63) is 35.4 Å². The number of benzene rings is 1. The van der Waals surface area contributed by atoms with Gasteiger partial charge >= 0.3 is 0 Å². The van der Waals surface area contributed by atoms with Gasteiger partial charge < -0.3 is 5.11 Å². The first-order valence-corrected chi connectivity index (χ1v) is 7.99. The summed E-state index contributed by atoms with van der Waals surface area (Å²) < 4.78 is 0. The van der Waals surface area contributed by atoms with Gasteiger partial charge in [0.25, 0.3) is 0 Å². The summed E-state index contributed by atoms with van der Waals surface area (Å²) in [7, 11) is 0. The van der Waals surface area contributed by atoms with E-state index in [9.17, 15) is 5.11 Å². The smallest absolute Gasteiger partial charge is 0.0846 e. The number of aliphatic hydroxyl groups excluding tert-OH is 1. The molecule has 1 N–H and O–H groups in total. The van der Waals surface area contributed by atoms with Crippen molar-refractivity contribution in [2.24, 2.45) is 5.41 Å². The van der Waals surface area contributed by atoms with Crippen LogP contribution in [-0.4, -0.2) is 5.11 Å². The van der Waals surface area contributed by atoms with E-state index in [1.807, 2.05) is 0 Å². The molecule has 106 valence electrons. The molecule has 0 heterocycles. The molecule has 0 spiro atoms. The topological polar surface area (TPSA) is 20.2 Å². The van der Waals surface area contributed by atoms with E-state index in [4.69, 9.17) is 0 Å². The van der Waals surface area contributed by atoms with Crippen LogP contribution in [0.3, 0.4) is 0 Å². The third-order valence-corrected chi connectivity index (χ3v) is 5.00. The predicted octanol–water partition coefficient (Wildman–Crippen LogP) is 5.03. The molecule has 1 atom stereocenters. The first kappa shape index (κ1) is 14.6. The van der Waals surface area contributed by atoms with Gasteiger partial charge in [0.15, 0.2) is 0 Å². The van der Waals surface area contributed by atoms with Crippen LogP contribution in [0.2, 0.25) is 0 Å². The second-order valence-corrected chi connectivity index (χ2v) is 6.17. The van der Waals surface area contributed by atoms with Gasteiger partial charge in [-0.25, -0.2) is 0 Å². The van der Waals surface area contributed by atoms with Gasteiger partial charge in [0, 0.05) is 5.41 Å². The van der Waals surface area contributed by atoms with Crippen molar-refractivity contribution < 1.29 is 5.11 Å². The molecule has 1 fully saturated rings. The molecule has 2 rings (SSSR count). The Labute approximate surface area is 118 Å². The summed E-state index contributed by atoms with van der Waals surface area (Å²) in [4.78, 5) is 0. The zero-order valence-corrected chi connectivity index (χ0v) is 12.5. The molecular weight excluding hydrogens is 232 g/mol. The maximum absolute atomic E-state index is 10.7. The highest BCUT2D eigenvalue weighted by Crippen LogP contribution is 2.49. The van der Waals surface area contributed by atoms with Gasteiger partial charge in [-0.05, 0) is 43.2 Å². The van der Waals surface area contributed by atoms with Crippen LogP contribution in [0.5, 0.6) is 0 Å². The summed E-state index contributed by atoms with van der Waals surface area (Å²) in [6, 6.07) is 8.69. The van der Waals surface area contributed by atoms with E-state index >= 15 is 0 Å². The number of rotatable bonds is 6. The third kappa shape index (κ3) is 3.20. The molecule has 1 saturated carbocycles. The van der Waals surface area contributed by atoms with Crippen molar-refractivity contribution >= 4 is 0 Å². The Balaban J connectivity index is 2.08. The number of hydrogen-bond donors (Lipinski definition) is 1. The summed E-state index contributed by atoms with van der Waals surface area (Å²) in [5, 5.41) is 10.7. The van der Waals surface area contributed by atoms with Gasteiger partial charge in [0.1, 0.15) is 0 Å². The molecule has 1 aromatic rings. The van der Waals surface area contributed by atoms with E-state index < -0.39 is 0 Å². The molecule has 1 aliphatic rings. The first-order chi connectivity index (χ1) is 9.22. The Morgan fingerprint density at radius 2 is 1.74 bits per heavy atom. The zero-order chi connectivity index (χ0) is 13.7. The normalized spacial score (nSPS) is 19.5. The van der Waals surface area contributed by atoms with Crippen LogP contribution in [0.15, 0.2) is 24.3 Å². The van der Waals surface area contributed by atoms with Crippen molar-refractivity contribution in [3.63, 3.8) is 0 Å². The Hall–Kier alpha value is -0.820. The zero-order valence-electron chi connectivity index (χ0n) is 12.5. The highest BCUT2D eigenvalue weighted by Gasteiger charge is 2.39. The Morgan fingerprint density at radius 3 is 2.26 bits per heavy atom. The molecular formula is C18H28O. The van der Waals surface area contributed by atoms with Crippen LogP contribution in [-0.2, 0) is 6.42 Å². The number of aliphatic hydroxyl groups is 1. The lowest BCUT2D eigenvalue weighted by molar-refractivity contribution is 0.0237. The van der Waals surface area contributed by atoms with E-state index in [0.29, 0.717) is 0 Å². The monoisotopic (exact) mass is 260 g/mol. The molecule has 1 unspecified atom stereocenters. The average Bonchev–Trinajstić information content (AvgIpc) is 2.95. The minimum Gasteiger partial charge on any atom is -0.388 e. The molecule has 1 nitrogen and oxygen atoms in total. The lowest BCUT2D eigenvalue weighted by atomic mass is 9.75. The fraction of sp³-hybridized carbons (Fsp3) is 0.667. The van der Waals surface area contributed by atoms with Crippen LogP contribution in [0.1, 0.15) is 76.0 Å². The lowest BCUT2D eigenvalue weighted by Crippen LogP contribution is -2.25. The van der Waals surface area contributed by atoms with Gasteiger partial charge in [-0.15, -0.1) is 0 Å². The summed E-state index contributed by atoms with van der Waals surface area (Å²) >= 11 is 0. The first-order valence-electron chi connectivity index (χ1n) is 7.99. The Bertz CT molecular complexity index is 373. The fourth-order valence-electron chi connectivity index (χ4n) is 3.50. The molecule has 0 radical (unpaired) electrons. The molecule has 0 aliphatic heterocycles. The van der Waals surface area contributed by atoms with Gasteiger partial charge in [0.2, 0.25) is 0 Å². The van der Waals surface area contributed by atoms with Crippen molar-refractivity contribution in [2.45, 2.75) is 71.3 Å². The Morgan fingerprint density at radius 1 is 1.11 bits per heavy atom. The Kier molecular flexibility index (Phi) is 5.04. The van der Waals surface area contributed by atoms with Crippen molar-refractivity contribution in [1.29, 1.82) is 0 Å². The maximum Gasteiger partial charge on any atom is 0.0846 e. The van der Waals surface area contributed by atoms with Crippen LogP contribution >= 0.6 is 0 Å². The van der Waals surface area contributed by atoms with Crippen molar-refractivity contribution in [2.75, 3.05) is 0 Å². The van der Waals surface area contributed by atoms with Crippen LogP contribution in [0.25, 0.3) is 0 Å². The van der Waals surface area contributed by atoms with Gasteiger partial charge in [-0.3, -0.25) is 0 Å². The maximum atomic E-state index is 10.7. The van der Waals surface area contributed by atoms with Gasteiger partial charge in [-0.2, -0.15) is 0 Å². The van der Waals surface area contributed by atoms with Crippen LogP contribution < -0.4 is 0 Å². The number of hydrogen-bond acceptors (Lipinski definition) is 1. The summed E-state index contributed by atoms with van der Waals surface area (Å²) in [6.45, 7) is 4.45. The summed E-state index contributed by atoms with van der Waals surface area (Å²) in [5.74, 6) is 0. The highest BCUT2D eigenvalue weighted by molar-refractivity contribution is 5.26. The van der Waals surface area contributed by atoms with E-state index in [1.165, 1.54) is 44.1 Å². The van der Waals surface area contributed by atoms with Gasteiger partial charge in [-0.1, -0.05) is 57.4 Å². The van der Waals surface area contributed by atoms with Crippen molar-refractivity contribution in [1.82, 2.24) is 0 Å². The highest BCUT2D eigenvalue weighted by atomic mass is 16.3. The SMILES string of the molecule is CCCCc1ccc(C(O)C2(CC)CCCC2)cc1. The minimum absolute atomic E-state index is 0.144. The molecule has 0 amide bonds. The largest absolute Gasteiger partial charge is 0.388 e. The van der Waals surface area contributed by atoms with E-state index in [0.717, 1.165) is 18.4 Å². The standard InChI is InChI=1S/C18H28O/c1-3-5-8-15-9-11-16(12-10-15)17(19)18(4-2)13-6-7-14-18/h9-12,17,19H,3-8,13-14H2,1-2H3. The van der Waals surface area contributed by atoms with E-state index in [-0.39, 0.29) is 11.5 Å². The number of unbranched alkanes of at least 4 members (excludes halogenated alkanes) is 1. The van der Waals surface area contributed by atoms with Crippen LogP contribution in [0, 0.1) is 5.41 Å². The van der Waals surface area contributed by atoms with Crippen LogP contribution in [0.4, 0.5) is 0 Å².